The molecule has 0 fully saturated rings. The van der Waals surface area contributed by atoms with Gasteiger partial charge in [-0.3, -0.25) is 0 Å². The molecule has 0 aliphatic rings. The molecule has 2 N–H and O–H groups in total. The van der Waals surface area contributed by atoms with Gasteiger partial charge in [0.15, 0.2) is 0 Å². The third-order valence-electron chi connectivity index (χ3n) is 1.64. The Labute approximate surface area is 85.2 Å². The lowest BCUT2D eigenvalue weighted by Gasteiger charge is -2.10. The van der Waals surface area contributed by atoms with Gasteiger partial charge in [0.25, 0.3) is 0 Å². The van der Waals surface area contributed by atoms with Crippen molar-refractivity contribution in [2.45, 2.75) is 13.3 Å². The Morgan fingerprint density at radius 2 is 2.00 bits per heavy atom. The molecule has 0 spiro atoms. The van der Waals surface area contributed by atoms with Crippen molar-refractivity contribution in [3.05, 3.63) is 29.8 Å². The molecule has 2 nitrogen and oxygen atoms in total. The quantitative estimate of drug-likeness (QED) is 0.772. The first-order chi connectivity index (χ1) is 6.92. The molecule has 1 aromatic carbocycles. The van der Waals surface area contributed by atoms with Gasteiger partial charge in [0.1, 0.15) is 5.75 Å². The number of allylic oxidation sites excluding steroid dienone is 1. The minimum atomic E-state index is -4.68. The Kier molecular flexibility index (Phi) is 3.24. The molecule has 82 valence electrons. The number of rotatable bonds is 2. The third-order valence-corrected chi connectivity index (χ3v) is 1.64. The van der Waals surface area contributed by atoms with Crippen LogP contribution in [0, 0.1) is 0 Å². The van der Waals surface area contributed by atoms with Crippen LogP contribution < -0.4 is 10.5 Å². The lowest BCUT2D eigenvalue weighted by atomic mass is 10.1. The minimum absolute atomic E-state index is 0.273. The second kappa shape index (κ2) is 4.25. The molecule has 15 heavy (non-hydrogen) atoms. The number of alkyl halides is 3. The van der Waals surface area contributed by atoms with E-state index in [1.165, 1.54) is 18.2 Å². The largest absolute Gasteiger partial charge is 0.573 e. The number of anilines is 1. The second-order valence-electron chi connectivity index (χ2n) is 2.84. The van der Waals surface area contributed by atoms with E-state index in [1.54, 1.807) is 19.1 Å². The van der Waals surface area contributed by atoms with E-state index in [9.17, 15) is 13.2 Å². The monoisotopic (exact) mass is 217 g/mol. The van der Waals surface area contributed by atoms with Crippen LogP contribution in [0.2, 0.25) is 0 Å². The Bertz CT molecular complexity index is 371. The Morgan fingerprint density at radius 3 is 2.53 bits per heavy atom. The topological polar surface area (TPSA) is 35.2 Å². The average molecular weight is 217 g/mol. The predicted octanol–water partition coefficient (Wildman–Crippen LogP) is 3.20. The van der Waals surface area contributed by atoms with Crippen LogP contribution in [-0.4, -0.2) is 6.36 Å². The summed E-state index contributed by atoms with van der Waals surface area (Å²) in [5.41, 5.74) is 6.46. The third kappa shape index (κ3) is 3.53. The molecule has 0 saturated carbocycles. The van der Waals surface area contributed by atoms with E-state index in [1.807, 2.05) is 0 Å². The minimum Gasteiger partial charge on any atom is -0.406 e. The Hall–Kier alpha value is -1.65. The normalized spacial score (nSPS) is 12.0. The zero-order valence-corrected chi connectivity index (χ0v) is 8.01. The Balaban J connectivity index is 2.97. The maximum Gasteiger partial charge on any atom is 0.573 e. The van der Waals surface area contributed by atoms with Gasteiger partial charge in [-0.05, 0) is 25.1 Å². The van der Waals surface area contributed by atoms with Crippen LogP contribution in [0.3, 0.4) is 0 Å². The maximum atomic E-state index is 11.9. The smallest absolute Gasteiger partial charge is 0.406 e. The van der Waals surface area contributed by atoms with Crippen molar-refractivity contribution in [2.75, 3.05) is 5.73 Å². The zero-order chi connectivity index (χ0) is 11.5. The summed E-state index contributed by atoms with van der Waals surface area (Å²) in [7, 11) is 0. The fourth-order valence-corrected chi connectivity index (χ4v) is 1.07. The average Bonchev–Trinajstić information content (AvgIpc) is 2.09. The zero-order valence-electron chi connectivity index (χ0n) is 8.01. The molecule has 0 heterocycles. The van der Waals surface area contributed by atoms with Crippen molar-refractivity contribution >= 4 is 11.8 Å². The van der Waals surface area contributed by atoms with Crippen molar-refractivity contribution in [2.24, 2.45) is 0 Å². The predicted molar refractivity (Wildman–Crippen MR) is 52.2 cm³/mol. The van der Waals surface area contributed by atoms with Crippen LogP contribution in [-0.2, 0) is 0 Å². The molecule has 0 amide bonds. The lowest BCUT2D eigenvalue weighted by Crippen LogP contribution is -2.17. The van der Waals surface area contributed by atoms with Gasteiger partial charge in [0.05, 0.1) is 0 Å². The van der Waals surface area contributed by atoms with Crippen molar-refractivity contribution in [1.29, 1.82) is 0 Å². The second-order valence-corrected chi connectivity index (χ2v) is 2.84. The molecule has 0 radical (unpaired) electrons. The van der Waals surface area contributed by atoms with E-state index in [2.05, 4.69) is 4.74 Å². The number of nitrogen functional groups attached to an aromatic ring is 1. The molecule has 0 aromatic heterocycles. The first-order valence-electron chi connectivity index (χ1n) is 4.20. The standard InChI is InChI=1S/C10H10F3NO/c1-2-3-7-6-8(4-5-9(7)14)15-10(11,12)13/h2-6H,14H2,1H3/b3-2+. The van der Waals surface area contributed by atoms with E-state index < -0.39 is 6.36 Å². The maximum absolute atomic E-state index is 11.9. The number of hydrogen-bond acceptors (Lipinski definition) is 2. The summed E-state index contributed by atoms with van der Waals surface area (Å²) in [5, 5.41) is 0. The molecular formula is C10H10F3NO. The van der Waals surface area contributed by atoms with Crippen LogP contribution in [0.5, 0.6) is 5.75 Å². The van der Waals surface area contributed by atoms with Crippen LogP contribution in [0.1, 0.15) is 12.5 Å². The van der Waals surface area contributed by atoms with E-state index in [0.29, 0.717) is 11.3 Å². The molecule has 0 bridgehead atoms. The highest BCUT2D eigenvalue weighted by Gasteiger charge is 2.31. The van der Waals surface area contributed by atoms with Gasteiger partial charge < -0.3 is 10.5 Å². The highest BCUT2D eigenvalue weighted by molar-refractivity contribution is 5.65. The van der Waals surface area contributed by atoms with Crippen LogP contribution >= 0.6 is 0 Å². The highest BCUT2D eigenvalue weighted by atomic mass is 19.4. The Morgan fingerprint density at radius 1 is 1.33 bits per heavy atom. The summed E-state index contributed by atoms with van der Waals surface area (Å²) in [5.74, 6) is -0.273. The van der Waals surface area contributed by atoms with Gasteiger partial charge in [-0.1, -0.05) is 12.2 Å². The molecule has 1 rings (SSSR count). The number of halogens is 3. The number of benzene rings is 1. The first-order valence-corrected chi connectivity index (χ1v) is 4.20. The van der Waals surface area contributed by atoms with Gasteiger partial charge in [-0.25, -0.2) is 0 Å². The van der Waals surface area contributed by atoms with Crippen molar-refractivity contribution < 1.29 is 17.9 Å². The van der Waals surface area contributed by atoms with Crippen LogP contribution in [0.15, 0.2) is 24.3 Å². The summed E-state index contributed by atoms with van der Waals surface area (Å²) < 4.78 is 39.4. The SMILES string of the molecule is C/C=C/c1cc(OC(F)(F)F)ccc1N. The molecule has 0 atom stereocenters. The van der Waals surface area contributed by atoms with Crippen molar-refractivity contribution in [3.8, 4) is 5.75 Å². The summed E-state index contributed by atoms with van der Waals surface area (Å²) in [6.07, 6.45) is -1.38. The molecular weight excluding hydrogens is 207 g/mol. The summed E-state index contributed by atoms with van der Waals surface area (Å²) >= 11 is 0. The van der Waals surface area contributed by atoms with Crippen molar-refractivity contribution in [3.63, 3.8) is 0 Å². The van der Waals surface area contributed by atoms with E-state index >= 15 is 0 Å². The van der Waals surface area contributed by atoms with E-state index in [4.69, 9.17) is 5.73 Å². The molecule has 0 saturated heterocycles. The van der Waals surface area contributed by atoms with Gasteiger partial charge in [0, 0.05) is 11.3 Å². The number of nitrogens with two attached hydrogens (primary N) is 1. The molecule has 0 unspecified atom stereocenters. The fraction of sp³-hybridized carbons (Fsp3) is 0.200. The van der Waals surface area contributed by atoms with E-state index in [0.717, 1.165) is 0 Å². The summed E-state index contributed by atoms with van der Waals surface area (Å²) in [6.45, 7) is 1.75. The molecule has 0 aliphatic heterocycles. The molecule has 0 aliphatic carbocycles. The highest BCUT2D eigenvalue weighted by Crippen LogP contribution is 2.26. The lowest BCUT2D eigenvalue weighted by molar-refractivity contribution is -0.274. The van der Waals surface area contributed by atoms with E-state index in [-0.39, 0.29) is 5.75 Å². The molecule has 1 aromatic rings. The van der Waals surface area contributed by atoms with Gasteiger partial charge in [-0.2, -0.15) is 0 Å². The summed E-state index contributed by atoms with van der Waals surface area (Å²) in [6, 6.07) is 3.79. The number of ether oxygens (including phenoxy) is 1. The van der Waals surface area contributed by atoms with Crippen molar-refractivity contribution in [1.82, 2.24) is 0 Å². The number of hydrogen-bond donors (Lipinski definition) is 1. The van der Waals surface area contributed by atoms with Gasteiger partial charge in [-0.15, -0.1) is 13.2 Å². The van der Waals surface area contributed by atoms with Crippen LogP contribution in [0.4, 0.5) is 18.9 Å². The fourth-order valence-electron chi connectivity index (χ4n) is 1.07. The first kappa shape index (κ1) is 11.4. The summed E-state index contributed by atoms with van der Waals surface area (Å²) in [4.78, 5) is 0. The molecule has 5 heteroatoms. The van der Waals surface area contributed by atoms with Crippen LogP contribution in [0.25, 0.3) is 6.08 Å². The van der Waals surface area contributed by atoms with Gasteiger partial charge >= 0.3 is 6.36 Å². The van der Waals surface area contributed by atoms with Gasteiger partial charge in [0.2, 0.25) is 0 Å².